The van der Waals surface area contributed by atoms with E-state index in [1.807, 2.05) is 51.1 Å². The van der Waals surface area contributed by atoms with Gasteiger partial charge in [-0.2, -0.15) is 0 Å². The lowest BCUT2D eigenvalue weighted by Crippen LogP contribution is -2.35. The molecular formula is C23H29N3O2. The van der Waals surface area contributed by atoms with Gasteiger partial charge in [-0.25, -0.2) is 4.98 Å². The summed E-state index contributed by atoms with van der Waals surface area (Å²) >= 11 is 0. The second-order valence-corrected chi connectivity index (χ2v) is 8.20. The molecular weight excluding hydrogens is 350 g/mol. The van der Waals surface area contributed by atoms with Crippen LogP contribution in [0, 0.1) is 19.3 Å². The van der Waals surface area contributed by atoms with Gasteiger partial charge in [-0.15, -0.1) is 0 Å². The maximum atomic E-state index is 12.2. The first-order valence-corrected chi connectivity index (χ1v) is 9.68. The molecule has 0 saturated carbocycles. The predicted molar refractivity (Wildman–Crippen MR) is 112 cm³/mol. The van der Waals surface area contributed by atoms with Crippen LogP contribution in [0.25, 0.3) is 11.0 Å². The molecule has 0 aliphatic carbocycles. The van der Waals surface area contributed by atoms with Crippen molar-refractivity contribution in [3.63, 3.8) is 0 Å². The van der Waals surface area contributed by atoms with Crippen molar-refractivity contribution in [2.24, 2.45) is 5.41 Å². The van der Waals surface area contributed by atoms with Gasteiger partial charge < -0.3 is 14.6 Å². The van der Waals surface area contributed by atoms with Crippen molar-refractivity contribution in [2.75, 3.05) is 6.61 Å². The van der Waals surface area contributed by atoms with Gasteiger partial charge in [0.1, 0.15) is 18.2 Å². The van der Waals surface area contributed by atoms with E-state index in [9.17, 15) is 4.79 Å². The number of rotatable bonds is 6. The number of hydrogen-bond acceptors (Lipinski definition) is 3. The Kier molecular flexibility index (Phi) is 5.73. The predicted octanol–water partition coefficient (Wildman–Crippen LogP) is 4.39. The molecule has 0 saturated heterocycles. The van der Waals surface area contributed by atoms with E-state index in [0.717, 1.165) is 22.6 Å². The van der Waals surface area contributed by atoms with Gasteiger partial charge in [0, 0.05) is 5.41 Å². The van der Waals surface area contributed by atoms with E-state index in [4.69, 9.17) is 9.72 Å². The molecule has 3 rings (SSSR count). The van der Waals surface area contributed by atoms with E-state index < -0.39 is 5.41 Å². The van der Waals surface area contributed by atoms with Crippen molar-refractivity contribution >= 4 is 16.9 Å². The number of para-hydroxylation sites is 2. The number of nitrogens with one attached hydrogen (secondary N) is 1. The van der Waals surface area contributed by atoms with Crippen LogP contribution in [0.5, 0.6) is 5.75 Å². The molecule has 0 aliphatic rings. The van der Waals surface area contributed by atoms with E-state index in [1.165, 1.54) is 11.1 Å². The smallest absolute Gasteiger partial charge is 0.225 e. The number of ether oxygens (including phenoxy) is 1. The zero-order valence-electron chi connectivity index (χ0n) is 17.4. The summed E-state index contributed by atoms with van der Waals surface area (Å²) in [5.74, 6) is 1.72. The Balaban J connectivity index is 1.74. The van der Waals surface area contributed by atoms with E-state index >= 15 is 0 Å². The highest BCUT2D eigenvalue weighted by Gasteiger charge is 2.21. The second-order valence-electron chi connectivity index (χ2n) is 8.20. The zero-order chi connectivity index (χ0) is 20.3. The molecule has 1 N–H and O–H groups in total. The van der Waals surface area contributed by atoms with Crippen molar-refractivity contribution < 1.29 is 9.53 Å². The second kappa shape index (κ2) is 8.05. The molecule has 0 fully saturated rings. The van der Waals surface area contributed by atoms with Crippen LogP contribution in [0.1, 0.15) is 37.7 Å². The normalized spacial score (nSPS) is 11.6. The molecule has 1 amide bonds. The fourth-order valence-corrected chi connectivity index (χ4v) is 2.99. The quantitative estimate of drug-likeness (QED) is 0.691. The van der Waals surface area contributed by atoms with Gasteiger partial charge in [0.15, 0.2) is 0 Å². The Morgan fingerprint density at radius 1 is 1.11 bits per heavy atom. The first-order chi connectivity index (χ1) is 13.3. The highest BCUT2D eigenvalue weighted by molar-refractivity contribution is 5.81. The first-order valence-electron chi connectivity index (χ1n) is 9.68. The van der Waals surface area contributed by atoms with Crippen LogP contribution in [0.3, 0.4) is 0 Å². The van der Waals surface area contributed by atoms with E-state index in [0.29, 0.717) is 19.7 Å². The van der Waals surface area contributed by atoms with Gasteiger partial charge in [0.05, 0.1) is 24.1 Å². The molecule has 5 heteroatoms. The number of amides is 1. The number of imidazole rings is 1. The van der Waals surface area contributed by atoms with Gasteiger partial charge in [-0.05, 0) is 49.2 Å². The highest BCUT2D eigenvalue weighted by Crippen LogP contribution is 2.19. The van der Waals surface area contributed by atoms with Crippen LogP contribution < -0.4 is 10.1 Å². The molecule has 1 heterocycles. The SMILES string of the molecule is Cc1ccc(OCCn2c(CNC(=O)C(C)(C)C)nc3ccccc32)cc1C. The Morgan fingerprint density at radius 2 is 1.86 bits per heavy atom. The van der Waals surface area contributed by atoms with Crippen molar-refractivity contribution in [3.8, 4) is 5.75 Å². The lowest BCUT2D eigenvalue weighted by molar-refractivity contribution is -0.128. The third-order valence-electron chi connectivity index (χ3n) is 4.88. The summed E-state index contributed by atoms with van der Waals surface area (Å²) in [5, 5.41) is 3.00. The molecule has 148 valence electrons. The van der Waals surface area contributed by atoms with E-state index in [1.54, 1.807) is 0 Å². The largest absolute Gasteiger partial charge is 0.492 e. The Bertz CT molecular complexity index is 983. The van der Waals surface area contributed by atoms with Crippen LogP contribution in [-0.2, 0) is 17.9 Å². The number of aryl methyl sites for hydroxylation is 2. The standard InChI is InChI=1S/C23H29N3O2/c1-16-10-11-18(14-17(16)2)28-13-12-26-20-9-7-6-8-19(20)25-21(26)15-24-22(27)23(3,4)5/h6-11,14H,12-13,15H2,1-5H3,(H,24,27). The van der Waals surface area contributed by atoms with Gasteiger partial charge in [-0.1, -0.05) is 39.0 Å². The molecule has 0 bridgehead atoms. The minimum Gasteiger partial charge on any atom is -0.492 e. The zero-order valence-corrected chi connectivity index (χ0v) is 17.4. The maximum Gasteiger partial charge on any atom is 0.225 e. The molecule has 1 aromatic heterocycles. The minimum atomic E-state index is -0.427. The molecule has 0 atom stereocenters. The lowest BCUT2D eigenvalue weighted by Gasteiger charge is -2.18. The van der Waals surface area contributed by atoms with Crippen molar-refractivity contribution in [3.05, 3.63) is 59.4 Å². The van der Waals surface area contributed by atoms with E-state index in [-0.39, 0.29) is 5.91 Å². The Hall–Kier alpha value is -2.82. The summed E-state index contributed by atoms with van der Waals surface area (Å²) in [6.07, 6.45) is 0. The summed E-state index contributed by atoms with van der Waals surface area (Å²) in [6.45, 7) is 11.5. The number of benzene rings is 2. The summed E-state index contributed by atoms with van der Waals surface area (Å²) in [4.78, 5) is 17.0. The van der Waals surface area contributed by atoms with Crippen molar-refractivity contribution in [1.82, 2.24) is 14.9 Å². The van der Waals surface area contributed by atoms with Crippen LogP contribution in [0.4, 0.5) is 0 Å². The minimum absolute atomic E-state index is 0.0116. The van der Waals surface area contributed by atoms with Gasteiger partial charge in [0.25, 0.3) is 0 Å². The first kappa shape index (κ1) is 19.9. The third-order valence-corrected chi connectivity index (χ3v) is 4.88. The van der Waals surface area contributed by atoms with Crippen molar-refractivity contribution in [1.29, 1.82) is 0 Å². The number of aromatic nitrogens is 2. The molecule has 0 unspecified atom stereocenters. The van der Waals surface area contributed by atoms with Crippen LogP contribution in [-0.4, -0.2) is 22.1 Å². The maximum absolute atomic E-state index is 12.2. The highest BCUT2D eigenvalue weighted by atomic mass is 16.5. The summed E-state index contributed by atoms with van der Waals surface area (Å²) in [5.41, 5.74) is 4.02. The van der Waals surface area contributed by atoms with E-state index in [2.05, 4.69) is 35.9 Å². The van der Waals surface area contributed by atoms with Gasteiger partial charge in [0.2, 0.25) is 5.91 Å². The number of carbonyl (C=O) groups excluding carboxylic acids is 1. The molecule has 0 radical (unpaired) electrons. The monoisotopic (exact) mass is 379 g/mol. The fourth-order valence-electron chi connectivity index (χ4n) is 2.99. The van der Waals surface area contributed by atoms with Gasteiger partial charge >= 0.3 is 0 Å². The average Bonchev–Trinajstić information content (AvgIpc) is 2.99. The molecule has 0 spiro atoms. The molecule has 0 aliphatic heterocycles. The van der Waals surface area contributed by atoms with Crippen LogP contribution >= 0.6 is 0 Å². The van der Waals surface area contributed by atoms with Crippen molar-refractivity contribution in [2.45, 2.75) is 47.7 Å². The number of hydrogen-bond donors (Lipinski definition) is 1. The number of fused-ring (bicyclic) bond motifs is 1. The van der Waals surface area contributed by atoms with Crippen LogP contribution in [0.2, 0.25) is 0 Å². The number of nitrogens with zero attached hydrogens (tertiary/aromatic N) is 2. The van der Waals surface area contributed by atoms with Crippen LogP contribution in [0.15, 0.2) is 42.5 Å². The average molecular weight is 380 g/mol. The molecule has 28 heavy (non-hydrogen) atoms. The summed E-state index contributed by atoms with van der Waals surface area (Å²) < 4.78 is 8.09. The topological polar surface area (TPSA) is 56.1 Å². The summed E-state index contributed by atoms with van der Waals surface area (Å²) in [7, 11) is 0. The Morgan fingerprint density at radius 3 is 2.57 bits per heavy atom. The number of carbonyl (C=O) groups is 1. The lowest BCUT2D eigenvalue weighted by atomic mass is 9.96. The van der Waals surface area contributed by atoms with Gasteiger partial charge in [-0.3, -0.25) is 4.79 Å². The molecule has 5 nitrogen and oxygen atoms in total. The summed E-state index contributed by atoms with van der Waals surface area (Å²) in [6, 6.07) is 14.2. The third kappa shape index (κ3) is 4.53. The Labute approximate surface area is 166 Å². The molecule has 3 aromatic rings. The fraction of sp³-hybridized carbons (Fsp3) is 0.391. The molecule has 2 aromatic carbocycles.